The monoisotopic (exact) mass is 227 g/mol. The minimum atomic E-state index is -1.07. The number of aldehydes is 1. The van der Waals surface area contributed by atoms with Crippen LogP contribution < -0.4 is 5.84 Å². The van der Waals surface area contributed by atoms with Gasteiger partial charge in [-0.3, -0.25) is 0 Å². The number of aliphatic hydroxyl groups excluding tert-OH is 1. The minimum absolute atomic E-state index is 0.174. The van der Waals surface area contributed by atoms with Crippen LogP contribution in [0.15, 0.2) is 22.0 Å². The average molecular weight is 227 g/mol. The number of nitrogens with zero attached hydrogens (tertiary/aromatic N) is 2. The van der Waals surface area contributed by atoms with Gasteiger partial charge in [0.2, 0.25) is 0 Å². The fourth-order valence-corrected chi connectivity index (χ4v) is 1.63. The lowest BCUT2D eigenvalue weighted by molar-refractivity contribution is -0.137. The van der Waals surface area contributed by atoms with Crippen LogP contribution in [0.4, 0.5) is 0 Å². The molecule has 0 spiro atoms. The van der Waals surface area contributed by atoms with Crippen molar-refractivity contribution >= 4 is 12.3 Å². The number of aliphatic hydroxyl groups is 1. The van der Waals surface area contributed by atoms with Gasteiger partial charge in [-0.05, 0) is 6.08 Å². The van der Waals surface area contributed by atoms with E-state index in [1.807, 2.05) is 0 Å². The molecule has 0 saturated carbocycles. The number of ether oxygens (including phenoxy) is 1. The molecule has 0 heterocycles. The van der Waals surface area contributed by atoms with E-state index in [2.05, 4.69) is 15.1 Å². The first-order valence-corrected chi connectivity index (χ1v) is 4.66. The van der Waals surface area contributed by atoms with Crippen LogP contribution in [0, 0.1) is 5.92 Å². The highest BCUT2D eigenvalue weighted by atomic mass is 16.5. The third-order valence-corrected chi connectivity index (χ3v) is 2.46. The van der Waals surface area contributed by atoms with E-state index in [0.29, 0.717) is 6.29 Å². The minimum Gasteiger partial charge on any atom is -0.466 e. The lowest BCUT2D eigenvalue weighted by Crippen LogP contribution is -2.36. The first-order valence-electron chi connectivity index (χ1n) is 4.66. The van der Waals surface area contributed by atoms with Crippen LogP contribution in [-0.2, 0) is 14.3 Å². The Morgan fingerprint density at radius 3 is 2.94 bits per heavy atom. The molecule has 0 aromatic heterocycles. The Bertz CT molecular complexity index is 340. The molecular weight excluding hydrogens is 214 g/mol. The molecule has 7 heteroatoms. The number of rotatable bonds is 3. The van der Waals surface area contributed by atoms with Crippen molar-refractivity contribution in [2.75, 3.05) is 7.11 Å². The summed E-state index contributed by atoms with van der Waals surface area (Å²) in [5, 5.41) is 16.3. The second kappa shape index (κ2) is 5.36. The number of hydrogen-bond acceptors (Lipinski definition) is 6. The topological polar surface area (TPSA) is 114 Å². The van der Waals surface area contributed by atoms with Gasteiger partial charge in [0.05, 0.1) is 25.2 Å². The van der Waals surface area contributed by atoms with E-state index in [-0.39, 0.29) is 12.0 Å². The molecule has 1 aliphatic rings. The highest BCUT2D eigenvalue weighted by molar-refractivity contribution is 5.89. The maximum absolute atomic E-state index is 11.3. The SMILES string of the molecule is COC(=O)C1=C[C@@H](O)[C@@H](C=O)[C@H](N=NN)C1. The second-order valence-corrected chi connectivity index (χ2v) is 3.39. The molecule has 0 aliphatic heterocycles. The molecule has 3 atom stereocenters. The van der Waals surface area contributed by atoms with Crippen molar-refractivity contribution in [3.63, 3.8) is 0 Å². The molecule has 0 bridgehead atoms. The summed E-state index contributed by atoms with van der Waals surface area (Å²) >= 11 is 0. The summed E-state index contributed by atoms with van der Waals surface area (Å²) in [5.74, 6) is 3.61. The van der Waals surface area contributed by atoms with Crippen molar-refractivity contribution in [3.8, 4) is 0 Å². The first-order chi connectivity index (χ1) is 7.63. The molecule has 7 nitrogen and oxygen atoms in total. The largest absolute Gasteiger partial charge is 0.466 e. The first kappa shape index (κ1) is 12.3. The predicted octanol–water partition coefficient (Wildman–Crippen LogP) is -0.640. The molecule has 16 heavy (non-hydrogen) atoms. The van der Waals surface area contributed by atoms with Gasteiger partial charge >= 0.3 is 5.97 Å². The van der Waals surface area contributed by atoms with Gasteiger partial charge in [0, 0.05) is 12.0 Å². The van der Waals surface area contributed by atoms with E-state index < -0.39 is 24.0 Å². The van der Waals surface area contributed by atoms with E-state index in [1.165, 1.54) is 13.2 Å². The van der Waals surface area contributed by atoms with Crippen molar-refractivity contribution in [1.29, 1.82) is 0 Å². The molecule has 0 fully saturated rings. The molecule has 88 valence electrons. The molecule has 0 aromatic rings. The average Bonchev–Trinajstić information content (AvgIpc) is 2.28. The zero-order chi connectivity index (χ0) is 12.1. The summed E-state index contributed by atoms with van der Waals surface area (Å²) < 4.78 is 4.52. The number of carbonyl (C=O) groups is 2. The summed E-state index contributed by atoms with van der Waals surface area (Å²) in [6.07, 6.45) is 0.978. The van der Waals surface area contributed by atoms with Crippen LogP contribution in [0.25, 0.3) is 0 Å². The Morgan fingerprint density at radius 2 is 2.44 bits per heavy atom. The predicted molar refractivity (Wildman–Crippen MR) is 53.1 cm³/mol. The molecular formula is C9H13N3O4. The maximum Gasteiger partial charge on any atom is 0.333 e. The molecule has 0 unspecified atom stereocenters. The fraction of sp³-hybridized carbons (Fsp3) is 0.556. The standard InChI is InChI=1S/C9H13N3O4/c1-16-9(15)5-2-7(11-12-10)6(4-13)8(14)3-5/h3-4,6-8,14H,2H2,1H3,(H2,10,11)/t6-,7+,8+/m0/s1. The van der Waals surface area contributed by atoms with Crippen LogP contribution in [-0.4, -0.2) is 36.6 Å². The molecule has 0 radical (unpaired) electrons. The molecule has 3 N–H and O–H groups in total. The third-order valence-electron chi connectivity index (χ3n) is 2.46. The molecule has 1 aliphatic carbocycles. The lowest BCUT2D eigenvalue weighted by atomic mass is 9.84. The van der Waals surface area contributed by atoms with E-state index >= 15 is 0 Å². The van der Waals surface area contributed by atoms with Crippen molar-refractivity contribution in [2.45, 2.75) is 18.6 Å². The quantitative estimate of drug-likeness (QED) is 0.219. The Kier molecular flexibility index (Phi) is 4.12. The number of esters is 1. The Hall–Kier alpha value is -1.76. The molecule has 0 saturated heterocycles. The summed E-state index contributed by atoms with van der Waals surface area (Å²) in [7, 11) is 1.24. The number of hydrogen-bond donors (Lipinski definition) is 2. The Balaban J connectivity index is 2.94. The van der Waals surface area contributed by atoms with Crippen molar-refractivity contribution in [3.05, 3.63) is 11.6 Å². The van der Waals surface area contributed by atoms with Gasteiger partial charge in [0.25, 0.3) is 0 Å². The smallest absolute Gasteiger partial charge is 0.333 e. The maximum atomic E-state index is 11.3. The van der Waals surface area contributed by atoms with Gasteiger partial charge in [-0.1, -0.05) is 5.22 Å². The fourth-order valence-electron chi connectivity index (χ4n) is 1.63. The van der Waals surface area contributed by atoms with Crippen molar-refractivity contribution in [1.82, 2.24) is 0 Å². The zero-order valence-corrected chi connectivity index (χ0v) is 8.74. The summed E-state index contributed by atoms with van der Waals surface area (Å²) in [6, 6.07) is -0.628. The van der Waals surface area contributed by atoms with Crippen molar-refractivity contribution in [2.24, 2.45) is 22.1 Å². The van der Waals surface area contributed by atoms with Gasteiger partial charge < -0.3 is 20.5 Å². The highest BCUT2D eigenvalue weighted by Crippen LogP contribution is 2.26. The molecule has 0 aromatic carbocycles. The van der Waals surface area contributed by atoms with Gasteiger partial charge in [0.15, 0.2) is 0 Å². The normalized spacial score (nSPS) is 29.9. The number of nitrogens with two attached hydrogens (primary N) is 1. The zero-order valence-electron chi connectivity index (χ0n) is 8.74. The van der Waals surface area contributed by atoms with Gasteiger partial charge in [0.1, 0.15) is 6.29 Å². The van der Waals surface area contributed by atoms with Crippen LogP contribution >= 0.6 is 0 Å². The highest BCUT2D eigenvalue weighted by Gasteiger charge is 2.34. The second-order valence-electron chi connectivity index (χ2n) is 3.39. The summed E-state index contributed by atoms with van der Waals surface area (Å²) in [6.45, 7) is 0. The summed E-state index contributed by atoms with van der Waals surface area (Å²) in [4.78, 5) is 22.0. The van der Waals surface area contributed by atoms with Crippen LogP contribution in [0.3, 0.4) is 0 Å². The van der Waals surface area contributed by atoms with Gasteiger partial charge in [-0.2, -0.15) is 5.11 Å². The van der Waals surface area contributed by atoms with Crippen molar-refractivity contribution < 1.29 is 19.4 Å². The number of carbonyl (C=O) groups excluding carboxylic acids is 2. The summed E-state index contributed by atoms with van der Waals surface area (Å²) in [5.41, 5.74) is 0.269. The number of methoxy groups -OCH3 is 1. The third kappa shape index (κ3) is 2.43. The van der Waals surface area contributed by atoms with Gasteiger partial charge in [-0.25, -0.2) is 4.79 Å². The Labute approximate surface area is 92.0 Å². The van der Waals surface area contributed by atoms with E-state index in [0.717, 1.165) is 0 Å². The molecule has 1 rings (SSSR count). The van der Waals surface area contributed by atoms with Gasteiger partial charge in [-0.15, -0.1) is 0 Å². The van der Waals surface area contributed by atoms with E-state index in [4.69, 9.17) is 5.84 Å². The van der Waals surface area contributed by atoms with Crippen LogP contribution in [0.1, 0.15) is 6.42 Å². The van der Waals surface area contributed by atoms with E-state index in [9.17, 15) is 14.7 Å². The lowest BCUT2D eigenvalue weighted by Gasteiger charge is -2.26. The van der Waals surface area contributed by atoms with Crippen LogP contribution in [0.5, 0.6) is 0 Å². The van der Waals surface area contributed by atoms with Crippen LogP contribution in [0.2, 0.25) is 0 Å². The Morgan fingerprint density at radius 1 is 1.75 bits per heavy atom. The molecule has 0 amide bonds. The van der Waals surface area contributed by atoms with E-state index in [1.54, 1.807) is 0 Å².